The van der Waals surface area contributed by atoms with Gasteiger partial charge in [0.15, 0.2) is 0 Å². The SMILES string of the molecule is COc1ccc(CC(C)(C)NC[C@@H](O)COc2ccc(S(=O)(=O)NN3CCC(Cl)C3Cl)cc2)cc1. The molecule has 0 radical (unpaired) electrons. The van der Waals surface area contributed by atoms with E-state index in [9.17, 15) is 13.5 Å². The average Bonchev–Trinajstić information content (AvgIpc) is 3.13. The van der Waals surface area contributed by atoms with Crippen LogP contribution >= 0.6 is 23.2 Å². The minimum absolute atomic E-state index is 0.0643. The highest BCUT2D eigenvalue weighted by Crippen LogP contribution is 2.25. The van der Waals surface area contributed by atoms with Gasteiger partial charge in [0.1, 0.15) is 29.7 Å². The Morgan fingerprint density at radius 3 is 2.31 bits per heavy atom. The molecule has 3 N–H and O–H groups in total. The topological polar surface area (TPSA) is 100 Å². The number of aliphatic hydroxyl groups excluding tert-OH is 1. The lowest BCUT2D eigenvalue weighted by molar-refractivity contribution is 0.0988. The van der Waals surface area contributed by atoms with Gasteiger partial charge in [-0.05, 0) is 68.7 Å². The van der Waals surface area contributed by atoms with Crippen LogP contribution in [0.1, 0.15) is 25.8 Å². The highest BCUT2D eigenvalue weighted by molar-refractivity contribution is 7.89. The van der Waals surface area contributed by atoms with Gasteiger partial charge in [0, 0.05) is 18.6 Å². The largest absolute Gasteiger partial charge is 0.497 e. The molecule has 194 valence electrons. The molecule has 0 saturated carbocycles. The van der Waals surface area contributed by atoms with Crippen LogP contribution in [0.5, 0.6) is 11.5 Å². The third kappa shape index (κ3) is 8.21. The van der Waals surface area contributed by atoms with E-state index < -0.39 is 21.6 Å². The van der Waals surface area contributed by atoms with E-state index in [0.717, 1.165) is 17.7 Å². The first-order chi connectivity index (χ1) is 16.5. The first kappa shape index (κ1) is 28.0. The molecular formula is C24H33Cl2N3O5S. The van der Waals surface area contributed by atoms with E-state index >= 15 is 0 Å². The van der Waals surface area contributed by atoms with Crippen LogP contribution in [0.4, 0.5) is 0 Å². The summed E-state index contributed by atoms with van der Waals surface area (Å²) in [6.07, 6.45) is 0.637. The number of rotatable bonds is 12. The number of hydrogen-bond acceptors (Lipinski definition) is 7. The van der Waals surface area contributed by atoms with Crippen LogP contribution in [0.25, 0.3) is 0 Å². The van der Waals surface area contributed by atoms with Crippen LogP contribution in [-0.4, -0.2) is 67.9 Å². The van der Waals surface area contributed by atoms with Crippen LogP contribution in [0, 0.1) is 0 Å². The fourth-order valence-electron chi connectivity index (χ4n) is 3.70. The second-order valence-electron chi connectivity index (χ2n) is 9.19. The molecule has 2 unspecified atom stereocenters. The highest BCUT2D eigenvalue weighted by atomic mass is 35.5. The third-order valence-electron chi connectivity index (χ3n) is 5.68. The highest BCUT2D eigenvalue weighted by Gasteiger charge is 2.34. The molecule has 3 atom stereocenters. The molecule has 1 heterocycles. The number of methoxy groups -OCH3 is 1. The van der Waals surface area contributed by atoms with Crippen molar-refractivity contribution in [3.8, 4) is 11.5 Å². The molecule has 8 nitrogen and oxygen atoms in total. The Morgan fingerprint density at radius 2 is 1.74 bits per heavy atom. The number of alkyl halides is 2. The lowest BCUT2D eigenvalue weighted by Gasteiger charge is -2.28. The van der Waals surface area contributed by atoms with E-state index in [1.807, 2.05) is 24.3 Å². The minimum atomic E-state index is -3.79. The van der Waals surface area contributed by atoms with E-state index in [2.05, 4.69) is 24.0 Å². The standard InChI is InChI=1S/C24H33Cl2N3O5S/c1-24(2,14-17-4-6-19(33-3)7-5-17)27-15-18(30)16-34-20-8-10-21(11-9-20)35(31,32)28-29-13-12-22(25)23(29)26/h4-11,18,22-23,27-28,30H,12-16H2,1-3H3/t18-,22?,23?/m1/s1. The number of aliphatic hydroxyl groups is 1. The number of hydrogen-bond donors (Lipinski definition) is 3. The molecule has 1 fully saturated rings. The Kier molecular flexibility index (Phi) is 9.67. The predicted octanol–water partition coefficient (Wildman–Crippen LogP) is 3.12. The van der Waals surface area contributed by atoms with Gasteiger partial charge in [-0.1, -0.05) is 12.1 Å². The van der Waals surface area contributed by atoms with Gasteiger partial charge in [-0.2, -0.15) is 0 Å². The molecule has 2 aromatic rings. The molecule has 0 aromatic heterocycles. The first-order valence-corrected chi connectivity index (χ1v) is 13.7. The van der Waals surface area contributed by atoms with Crippen molar-refractivity contribution >= 4 is 33.2 Å². The summed E-state index contributed by atoms with van der Waals surface area (Å²) in [6.45, 7) is 4.98. The van der Waals surface area contributed by atoms with Gasteiger partial charge in [0.05, 0.1) is 17.4 Å². The molecule has 0 amide bonds. The summed E-state index contributed by atoms with van der Waals surface area (Å²) >= 11 is 12.2. The molecule has 0 aliphatic carbocycles. The normalized spacial score (nSPS) is 20.1. The van der Waals surface area contributed by atoms with Crippen LogP contribution in [0.15, 0.2) is 53.4 Å². The van der Waals surface area contributed by atoms with Crippen molar-refractivity contribution in [3.63, 3.8) is 0 Å². The van der Waals surface area contributed by atoms with Gasteiger partial charge in [-0.25, -0.2) is 13.4 Å². The van der Waals surface area contributed by atoms with Gasteiger partial charge in [-0.3, -0.25) is 0 Å². The van der Waals surface area contributed by atoms with Gasteiger partial charge < -0.3 is 19.9 Å². The Balaban J connectivity index is 1.45. The fraction of sp³-hybridized carbons (Fsp3) is 0.500. The Labute approximate surface area is 217 Å². The average molecular weight is 547 g/mol. The summed E-state index contributed by atoms with van der Waals surface area (Å²) in [5.74, 6) is 1.27. The number of β-amino-alcohol motifs (C(OH)–C–C–N with tert-alkyl or cyclic N) is 1. The number of benzene rings is 2. The van der Waals surface area contributed by atoms with Crippen molar-refractivity contribution in [2.24, 2.45) is 0 Å². The zero-order chi connectivity index (χ0) is 25.6. The molecule has 35 heavy (non-hydrogen) atoms. The number of sulfonamides is 1. The van der Waals surface area contributed by atoms with E-state index in [1.165, 1.54) is 17.1 Å². The summed E-state index contributed by atoms with van der Waals surface area (Å²) < 4.78 is 36.1. The van der Waals surface area contributed by atoms with E-state index in [4.69, 9.17) is 32.7 Å². The zero-order valence-corrected chi connectivity index (χ0v) is 22.4. The molecule has 0 bridgehead atoms. The maximum absolute atomic E-state index is 12.6. The number of ether oxygens (including phenoxy) is 2. The Morgan fingerprint density at radius 1 is 1.11 bits per heavy atom. The quantitative estimate of drug-likeness (QED) is 0.278. The molecule has 1 aliphatic heterocycles. The monoisotopic (exact) mass is 545 g/mol. The first-order valence-electron chi connectivity index (χ1n) is 11.4. The van der Waals surface area contributed by atoms with E-state index in [-0.39, 0.29) is 22.4 Å². The van der Waals surface area contributed by atoms with Crippen molar-refractivity contribution in [2.45, 2.75) is 54.1 Å². The minimum Gasteiger partial charge on any atom is -0.497 e. The summed E-state index contributed by atoms with van der Waals surface area (Å²) in [5.41, 5.74) is 0.317. The maximum Gasteiger partial charge on any atom is 0.253 e. The number of halogens is 2. The summed E-state index contributed by atoms with van der Waals surface area (Å²) in [5, 5.41) is 14.8. The van der Waals surface area contributed by atoms with Gasteiger partial charge in [0.2, 0.25) is 0 Å². The summed E-state index contributed by atoms with van der Waals surface area (Å²) in [7, 11) is -2.15. The predicted molar refractivity (Wildman–Crippen MR) is 138 cm³/mol. The Hall–Kier alpha value is -1.59. The molecule has 3 rings (SSSR count). The van der Waals surface area contributed by atoms with E-state index in [1.54, 1.807) is 19.2 Å². The zero-order valence-electron chi connectivity index (χ0n) is 20.1. The Bertz CT molecular complexity index is 1050. The van der Waals surface area contributed by atoms with Crippen LogP contribution in [-0.2, 0) is 16.4 Å². The molecule has 1 saturated heterocycles. The van der Waals surface area contributed by atoms with Crippen LogP contribution in [0.2, 0.25) is 0 Å². The molecule has 11 heteroatoms. The lowest BCUT2D eigenvalue weighted by atomic mass is 9.94. The number of nitrogens with one attached hydrogen (secondary N) is 2. The maximum atomic E-state index is 12.6. The van der Waals surface area contributed by atoms with E-state index in [0.29, 0.717) is 25.3 Å². The third-order valence-corrected chi connectivity index (χ3v) is 8.17. The van der Waals surface area contributed by atoms with Crippen molar-refractivity contribution in [3.05, 3.63) is 54.1 Å². The second-order valence-corrected chi connectivity index (χ2v) is 11.9. The molecule has 0 spiro atoms. The fourth-order valence-corrected chi connectivity index (χ4v) is 5.38. The van der Waals surface area contributed by atoms with Crippen molar-refractivity contribution < 1.29 is 23.0 Å². The second kappa shape index (κ2) is 12.1. The van der Waals surface area contributed by atoms with Crippen LogP contribution < -0.4 is 19.6 Å². The summed E-state index contributed by atoms with van der Waals surface area (Å²) in [6, 6.07) is 13.9. The lowest BCUT2D eigenvalue weighted by Crippen LogP contribution is -2.46. The van der Waals surface area contributed by atoms with Gasteiger partial charge >= 0.3 is 0 Å². The molecular weight excluding hydrogens is 513 g/mol. The molecule has 1 aliphatic rings. The van der Waals surface area contributed by atoms with Crippen LogP contribution in [0.3, 0.4) is 0 Å². The van der Waals surface area contributed by atoms with Gasteiger partial charge in [0.25, 0.3) is 10.0 Å². The molecule has 2 aromatic carbocycles. The van der Waals surface area contributed by atoms with Crippen molar-refractivity contribution in [1.29, 1.82) is 0 Å². The van der Waals surface area contributed by atoms with Gasteiger partial charge in [-0.15, -0.1) is 28.0 Å². The number of nitrogens with zero attached hydrogens (tertiary/aromatic N) is 1. The number of hydrazine groups is 1. The van der Waals surface area contributed by atoms with Crippen molar-refractivity contribution in [1.82, 2.24) is 15.2 Å². The summed E-state index contributed by atoms with van der Waals surface area (Å²) in [4.78, 5) is 2.55. The smallest absolute Gasteiger partial charge is 0.253 e. The van der Waals surface area contributed by atoms with Crippen molar-refractivity contribution in [2.75, 3.05) is 26.8 Å².